The number of hydrogen-bond donors (Lipinski definition) is 2. The molecule has 1 aromatic rings. The minimum atomic E-state index is -1.16. The maximum absolute atomic E-state index is 12.8. The molecule has 2 rings (SSSR count). The number of benzene rings is 1. The second kappa shape index (κ2) is 6.50. The third kappa shape index (κ3) is 4.00. The van der Waals surface area contributed by atoms with Crippen LogP contribution in [0.5, 0.6) is 0 Å². The third-order valence-corrected chi connectivity index (χ3v) is 4.25. The van der Waals surface area contributed by atoms with E-state index < -0.39 is 23.0 Å². The first kappa shape index (κ1) is 19.0. The van der Waals surface area contributed by atoms with Crippen LogP contribution in [0.15, 0.2) is 24.3 Å². The zero-order valence-electron chi connectivity index (χ0n) is 15.8. The maximum atomic E-state index is 12.8. The van der Waals surface area contributed by atoms with E-state index in [1.54, 1.807) is 6.92 Å². The molecular weight excluding hydrogens is 318 g/mol. The van der Waals surface area contributed by atoms with Gasteiger partial charge in [0.05, 0.1) is 0 Å². The van der Waals surface area contributed by atoms with Crippen LogP contribution in [0.1, 0.15) is 58.6 Å². The molecular formula is C19H27N3O3. The van der Waals surface area contributed by atoms with E-state index in [4.69, 9.17) is 0 Å². The lowest BCUT2D eigenvalue weighted by molar-refractivity contribution is -0.135. The van der Waals surface area contributed by atoms with Gasteiger partial charge in [-0.3, -0.25) is 14.5 Å². The molecule has 6 heteroatoms. The second-order valence-corrected chi connectivity index (χ2v) is 8.02. The van der Waals surface area contributed by atoms with Gasteiger partial charge in [0.1, 0.15) is 12.1 Å². The molecule has 1 heterocycles. The Morgan fingerprint density at radius 2 is 1.76 bits per heavy atom. The average Bonchev–Trinajstić information content (AvgIpc) is 2.70. The van der Waals surface area contributed by atoms with Crippen LogP contribution in [0.25, 0.3) is 0 Å². The number of carbonyl (C=O) groups excluding carboxylic acids is 3. The van der Waals surface area contributed by atoms with Crippen molar-refractivity contribution in [2.24, 2.45) is 0 Å². The minimum absolute atomic E-state index is 0.290. The summed E-state index contributed by atoms with van der Waals surface area (Å²) in [5.74, 6) is -0.400. The summed E-state index contributed by atoms with van der Waals surface area (Å²) in [6.45, 7) is 11.1. The fraction of sp³-hybridized carbons (Fsp3) is 0.526. The summed E-state index contributed by atoms with van der Waals surface area (Å²) < 4.78 is 0. The predicted octanol–water partition coefficient (Wildman–Crippen LogP) is 2.49. The van der Waals surface area contributed by atoms with Crippen molar-refractivity contribution in [1.82, 2.24) is 15.5 Å². The van der Waals surface area contributed by atoms with Crippen LogP contribution in [-0.2, 0) is 15.1 Å². The Kier molecular flexibility index (Phi) is 4.93. The summed E-state index contributed by atoms with van der Waals surface area (Å²) in [5, 5.41) is 5.48. The molecule has 0 spiro atoms. The lowest BCUT2D eigenvalue weighted by Gasteiger charge is -2.24. The number of nitrogens with one attached hydrogen (secondary N) is 2. The third-order valence-electron chi connectivity index (χ3n) is 4.25. The average molecular weight is 345 g/mol. The minimum Gasteiger partial charge on any atom is -0.350 e. The van der Waals surface area contributed by atoms with Crippen molar-refractivity contribution in [2.45, 2.75) is 58.5 Å². The van der Waals surface area contributed by atoms with Gasteiger partial charge in [-0.05, 0) is 44.7 Å². The number of rotatable bonds is 4. The van der Waals surface area contributed by atoms with Gasteiger partial charge in [0.15, 0.2) is 0 Å². The molecule has 1 aliphatic rings. The molecule has 1 fully saturated rings. The molecule has 0 aliphatic carbocycles. The highest BCUT2D eigenvalue weighted by Crippen LogP contribution is 2.29. The van der Waals surface area contributed by atoms with Crippen LogP contribution in [0, 0.1) is 0 Å². The highest BCUT2D eigenvalue weighted by molar-refractivity contribution is 6.09. The smallest absolute Gasteiger partial charge is 0.325 e. The summed E-state index contributed by atoms with van der Waals surface area (Å²) >= 11 is 0. The first-order valence-electron chi connectivity index (χ1n) is 8.49. The summed E-state index contributed by atoms with van der Waals surface area (Å²) in [5.41, 5.74) is 0.278. The molecule has 1 aliphatic heterocycles. The first-order chi connectivity index (χ1) is 11.4. The van der Waals surface area contributed by atoms with E-state index in [0.29, 0.717) is 11.5 Å². The van der Waals surface area contributed by atoms with Crippen LogP contribution in [-0.4, -0.2) is 34.8 Å². The van der Waals surface area contributed by atoms with Gasteiger partial charge in [0.25, 0.3) is 5.91 Å². The van der Waals surface area contributed by atoms with Gasteiger partial charge in [-0.25, -0.2) is 4.79 Å². The van der Waals surface area contributed by atoms with Gasteiger partial charge in [-0.2, -0.15) is 0 Å². The Morgan fingerprint density at radius 1 is 1.20 bits per heavy atom. The Balaban J connectivity index is 2.20. The summed E-state index contributed by atoms with van der Waals surface area (Å²) in [4.78, 5) is 38.1. The zero-order chi connectivity index (χ0) is 19.0. The Labute approximate surface area is 149 Å². The van der Waals surface area contributed by atoms with E-state index in [-0.39, 0.29) is 12.5 Å². The fourth-order valence-electron chi connectivity index (χ4n) is 2.84. The van der Waals surface area contributed by atoms with Gasteiger partial charge in [0, 0.05) is 5.54 Å². The second-order valence-electron chi connectivity index (χ2n) is 8.02. The molecule has 0 aromatic heterocycles. The van der Waals surface area contributed by atoms with E-state index in [1.807, 2.05) is 45.0 Å². The molecule has 1 saturated heterocycles. The normalized spacial score (nSPS) is 20.8. The first-order valence-corrected chi connectivity index (χ1v) is 8.49. The maximum Gasteiger partial charge on any atom is 0.325 e. The summed E-state index contributed by atoms with van der Waals surface area (Å²) in [6, 6.07) is 7.07. The summed E-state index contributed by atoms with van der Waals surface area (Å²) in [7, 11) is 0. The van der Waals surface area contributed by atoms with Crippen molar-refractivity contribution < 1.29 is 14.4 Å². The van der Waals surface area contributed by atoms with Crippen LogP contribution >= 0.6 is 0 Å². The van der Waals surface area contributed by atoms with Gasteiger partial charge in [0.2, 0.25) is 5.91 Å². The topological polar surface area (TPSA) is 78.5 Å². The van der Waals surface area contributed by atoms with Crippen molar-refractivity contribution in [3.05, 3.63) is 35.4 Å². The van der Waals surface area contributed by atoms with Crippen molar-refractivity contribution in [3.8, 4) is 0 Å². The molecule has 0 saturated carbocycles. The summed E-state index contributed by atoms with van der Waals surface area (Å²) in [6.07, 6.45) is 0. The molecule has 0 bridgehead atoms. The van der Waals surface area contributed by atoms with E-state index in [1.165, 1.54) is 0 Å². The molecule has 25 heavy (non-hydrogen) atoms. The van der Waals surface area contributed by atoms with Gasteiger partial charge in [-0.15, -0.1) is 0 Å². The molecule has 4 amide bonds. The van der Waals surface area contributed by atoms with Gasteiger partial charge < -0.3 is 10.6 Å². The Morgan fingerprint density at radius 3 is 2.24 bits per heavy atom. The predicted molar refractivity (Wildman–Crippen MR) is 96.0 cm³/mol. The molecule has 1 unspecified atom stereocenters. The van der Waals surface area contributed by atoms with Gasteiger partial charge in [-0.1, -0.05) is 38.1 Å². The number of nitrogens with zero attached hydrogens (tertiary/aromatic N) is 1. The lowest BCUT2D eigenvalue weighted by Crippen LogP contribution is -2.48. The van der Waals surface area contributed by atoms with Gasteiger partial charge >= 0.3 is 6.03 Å². The van der Waals surface area contributed by atoms with Crippen LogP contribution < -0.4 is 10.6 Å². The molecule has 2 N–H and O–H groups in total. The van der Waals surface area contributed by atoms with Crippen LogP contribution in [0.3, 0.4) is 0 Å². The number of imide groups is 1. The van der Waals surface area contributed by atoms with Crippen molar-refractivity contribution >= 4 is 17.8 Å². The highest BCUT2D eigenvalue weighted by atomic mass is 16.2. The van der Waals surface area contributed by atoms with E-state index in [0.717, 1.165) is 10.5 Å². The Bertz CT molecular complexity index is 689. The monoisotopic (exact) mass is 345 g/mol. The molecule has 1 atom stereocenters. The van der Waals surface area contributed by atoms with E-state index >= 15 is 0 Å². The molecule has 6 nitrogen and oxygen atoms in total. The number of hydrogen-bond acceptors (Lipinski definition) is 3. The standard InChI is InChI=1S/C19H27N3O3/c1-12(2)13-7-9-14(10-8-13)19(6)16(24)22(17(25)21-19)11-15(23)20-18(3,4)5/h7-10,12H,11H2,1-6H3,(H,20,23)(H,21,25). The zero-order valence-corrected chi connectivity index (χ0v) is 15.8. The molecule has 1 aromatic carbocycles. The highest BCUT2D eigenvalue weighted by Gasteiger charge is 2.49. The number of carbonyl (C=O) groups is 3. The SMILES string of the molecule is CC(C)c1ccc(C2(C)NC(=O)N(CC(=O)NC(C)(C)C)C2=O)cc1. The van der Waals surface area contributed by atoms with Crippen molar-refractivity contribution in [1.29, 1.82) is 0 Å². The fourth-order valence-corrected chi connectivity index (χ4v) is 2.84. The number of urea groups is 1. The van der Waals surface area contributed by atoms with Crippen LogP contribution in [0.4, 0.5) is 4.79 Å². The Hall–Kier alpha value is -2.37. The lowest BCUT2D eigenvalue weighted by atomic mass is 9.90. The van der Waals surface area contributed by atoms with E-state index in [9.17, 15) is 14.4 Å². The van der Waals surface area contributed by atoms with E-state index in [2.05, 4.69) is 24.5 Å². The van der Waals surface area contributed by atoms with Crippen molar-refractivity contribution in [2.75, 3.05) is 6.54 Å². The van der Waals surface area contributed by atoms with Crippen molar-refractivity contribution in [3.63, 3.8) is 0 Å². The van der Waals surface area contributed by atoms with Crippen LogP contribution in [0.2, 0.25) is 0 Å². The largest absolute Gasteiger partial charge is 0.350 e. The molecule has 0 radical (unpaired) electrons. The number of amides is 4. The molecule has 136 valence electrons. The quantitative estimate of drug-likeness (QED) is 0.823.